The highest BCUT2D eigenvalue weighted by Crippen LogP contribution is 2.53. The topological polar surface area (TPSA) is 36.9 Å². The molecular weight excluding hydrogens is 364 g/mol. The number of ether oxygens (including phenoxy) is 4. The van der Waals surface area contributed by atoms with Gasteiger partial charge in [0.1, 0.15) is 11.7 Å². The fourth-order valence-electron chi connectivity index (χ4n) is 5.18. The van der Waals surface area contributed by atoms with Crippen LogP contribution in [-0.4, -0.2) is 29.9 Å². The van der Waals surface area contributed by atoms with E-state index in [1.165, 1.54) is 0 Å². The minimum Gasteiger partial charge on any atom is -0.361 e. The van der Waals surface area contributed by atoms with Gasteiger partial charge < -0.3 is 18.9 Å². The molecule has 0 aromatic heterocycles. The maximum Gasteiger partial charge on any atom is 0.190 e. The number of hydrogen-bond donors (Lipinski definition) is 0. The van der Waals surface area contributed by atoms with Crippen LogP contribution in [0.2, 0.25) is 0 Å². The molecule has 0 bridgehead atoms. The Balaban J connectivity index is 1.66. The summed E-state index contributed by atoms with van der Waals surface area (Å²) in [7, 11) is 0. The first kappa shape index (κ1) is 20.5. The lowest BCUT2D eigenvalue weighted by Crippen LogP contribution is -2.52. The van der Waals surface area contributed by atoms with Gasteiger partial charge in [-0.3, -0.25) is 0 Å². The van der Waals surface area contributed by atoms with Crippen molar-refractivity contribution in [2.45, 2.75) is 63.2 Å². The monoisotopic (exact) mass is 396 g/mol. The van der Waals surface area contributed by atoms with Crippen LogP contribution < -0.4 is 0 Å². The second-order valence-corrected chi connectivity index (χ2v) is 8.84. The Labute approximate surface area is 174 Å². The molecule has 3 aliphatic rings. The molecule has 1 aromatic rings. The van der Waals surface area contributed by atoms with Gasteiger partial charge in [0, 0.05) is 0 Å². The Morgan fingerprint density at radius 1 is 1.03 bits per heavy atom. The van der Waals surface area contributed by atoms with E-state index >= 15 is 0 Å². The molecule has 0 radical (unpaired) electrons. The highest BCUT2D eigenvalue weighted by atomic mass is 16.8. The first-order valence-electron chi connectivity index (χ1n) is 10.5. The maximum absolute atomic E-state index is 6.61. The highest BCUT2D eigenvalue weighted by Gasteiger charge is 2.65. The van der Waals surface area contributed by atoms with Crippen molar-refractivity contribution in [1.82, 2.24) is 0 Å². The number of benzene rings is 1. The van der Waals surface area contributed by atoms with Gasteiger partial charge in [-0.25, -0.2) is 0 Å². The van der Waals surface area contributed by atoms with Gasteiger partial charge >= 0.3 is 0 Å². The van der Waals surface area contributed by atoms with E-state index < -0.39 is 17.7 Å². The Kier molecular flexibility index (Phi) is 5.56. The summed E-state index contributed by atoms with van der Waals surface area (Å²) in [6, 6.07) is 10.2. The molecule has 0 N–H and O–H groups in total. The molecule has 29 heavy (non-hydrogen) atoms. The summed E-state index contributed by atoms with van der Waals surface area (Å²) in [4.78, 5) is 0. The van der Waals surface area contributed by atoms with Crippen molar-refractivity contribution >= 4 is 0 Å². The van der Waals surface area contributed by atoms with Crippen LogP contribution >= 0.6 is 0 Å². The van der Waals surface area contributed by atoms with Crippen molar-refractivity contribution in [2.24, 2.45) is 17.8 Å². The second kappa shape index (κ2) is 7.84. The van der Waals surface area contributed by atoms with Crippen molar-refractivity contribution in [2.75, 3.05) is 0 Å². The Hall–Kier alpha value is -1.72. The molecule has 2 aliphatic heterocycles. The molecule has 3 fully saturated rings. The third-order valence-electron chi connectivity index (χ3n) is 6.60. The van der Waals surface area contributed by atoms with Crippen molar-refractivity contribution in [3.63, 3.8) is 0 Å². The summed E-state index contributed by atoms with van der Waals surface area (Å²) < 4.78 is 25.5. The normalized spacial score (nSPS) is 40.5. The zero-order chi connectivity index (χ0) is 20.6. The van der Waals surface area contributed by atoms with Gasteiger partial charge in [-0.1, -0.05) is 48.6 Å². The standard InChI is InChI=1S/C25H32O4/c1-6-17-14-19(7-2)20(15-17)21-25(8-3,26-16-18-12-10-9-11-13-18)22-23(27-21)29-24(4,5)28-22/h6-13,17,19-23H,1-3,14-16H2,4-5H3/t17-,19+,20-,21-,22+,23-,25-/m1/s1. The van der Waals surface area contributed by atoms with Gasteiger partial charge in [0.2, 0.25) is 0 Å². The van der Waals surface area contributed by atoms with E-state index in [0.717, 1.165) is 18.4 Å². The maximum atomic E-state index is 6.61. The first-order chi connectivity index (χ1) is 13.9. The van der Waals surface area contributed by atoms with Crippen LogP contribution in [0, 0.1) is 17.8 Å². The first-order valence-corrected chi connectivity index (χ1v) is 10.5. The third kappa shape index (κ3) is 3.64. The van der Waals surface area contributed by atoms with E-state index in [2.05, 4.69) is 31.9 Å². The summed E-state index contributed by atoms with van der Waals surface area (Å²) in [5, 5.41) is 0. The quantitative estimate of drug-likeness (QED) is 0.607. The zero-order valence-corrected chi connectivity index (χ0v) is 17.5. The van der Waals surface area contributed by atoms with Crippen LogP contribution in [0.3, 0.4) is 0 Å². The number of allylic oxidation sites excluding steroid dienone is 2. The van der Waals surface area contributed by atoms with Gasteiger partial charge in [0.25, 0.3) is 0 Å². The largest absolute Gasteiger partial charge is 0.361 e. The predicted octanol–water partition coefficient (Wildman–Crippen LogP) is 5.02. The molecular formula is C25H32O4. The van der Waals surface area contributed by atoms with Crippen LogP contribution in [0.5, 0.6) is 0 Å². The number of rotatable bonds is 7. The Bertz CT molecular complexity index is 757. The van der Waals surface area contributed by atoms with Gasteiger partial charge in [0.15, 0.2) is 12.1 Å². The Morgan fingerprint density at radius 2 is 1.79 bits per heavy atom. The lowest BCUT2D eigenvalue weighted by Gasteiger charge is -2.39. The minimum atomic E-state index is -0.795. The van der Waals surface area contributed by atoms with E-state index in [1.807, 2.05) is 50.3 Å². The molecule has 4 rings (SSSR count). The van der Waals surface area contributed by atoms with E-state index in [1.54, 1.807) is 0 Å². The number of fused-ring (bicyclic) bond motifs is 1. The smallest absolute Gasteiger partial charge is 0.190 e. The van der Waals surface area contributed by atoms with Crippen molar-refractivity contribution in [1.29, 1.82) is 0 Å². The lowest BCUT2D eigenvalue weighted by atomic mass is 9.79. The molecule has 7 atom stereocenters. The van der Waals surface area contributed by atoms with Crippen LogP contribution in [0.15, 0.2) is 68.3 Å². The van der Waals surface area contributed by atoms with Crippen molar-refractivity contribution in [3.05, 3.63) is 73.9 Å². The fraction of sp³-hybridized carbons (Fsp3) is 0.520. The summed E-state index contributed by atoms with van der Waals surface area (Å²) in [5.41, 5.74) is 0.306. The SMILES string of the molecule is C=C[C@H]1C[C@@H]([C@H]2O[C@@H]3OC(C)(C)O[C@@H]3[C@]2(C=C)OCc2ccccc2)[C@@H](C=C)C1. The van der Waals surface area contributed by atoms with E-state index in [-0.39, 0.29) is 18.1 Å². The summed E-state index contributed by atoms with van der Waals surface area (Å²) >= 11 is 0. The second-order valence-electron chi connectivity index (χ2n) is 8.84. The van der Waals surface area contributed by atoms with Gasteiger partial charge in [-0.15, -0.1) is 19.7 Å². The average molecular weight is 397 g/mol. The molecule has 4 nitrogen and oxygen atoms in total. The predicted molar refractivity (Wildman–Crippen MR) is 113 cm³/mol. The Morgan fingerprint density at radius 3 is 2.45 bits per heavy atom. The molecule has 1 saturated carbocycles. The molecule has 4 heteroatoms. The molecule has 1 aromatic carbocycles. The van der Waals surface area contributed by atoms with Gasteiger partial charge in [-0.05, 0) is 50.0 Å². The molecule has 2 saturated heterocycles. The number of hydrogen-bond acceptors (Lipinski definition) is 4. The van der Waals surface area contributed by atoms with Crippen LogP contribution in [-0.2, 0) is 25.6 Å². The minimum absolute atomic E-state index is 0.220. The van der Waals surface area contributed by atoms with Crippen molar-refractivity contribution in [3.8, 4) is 0 Å². The molecule has 156 valence electrons. The van der Waals surface area contributed by atoms with E-state index in [9.17, 15) is 0 Å². The lowest BCUT2D eigenvalue weighted by molar-refractivity contribution is -0.238. The summed E-state index contributed by atoms with van der Waals surface area (Å²) in [6.07, 6.45) is 6.92. The van der Waals surface area contributed by atoms with Crippen LogP contribution in [0.4, 0.5) is 0 Å². The average Bonchev–Trinajstić information content (AvgIpc) is 3.35. The molecule has 0 unspecified atom stereocenters. The summed E-state index contributed by atoms with van der Waals surface area (Å²) in [5.74, 6) is 0.295. The van der Waals surface area contributed by atoms with E-state index in [4.69, 9.17) is 18.9 Å². The third-order valence-corrected chi connectivity index (χ3v) is 6.60. The van der Waals surface area contributed by atoms with Crippen molar-refractivity contribution < 1.29 is 18.9 Å². The highest BCUT2D eigenvalue weighted by molar-refractivity contribution is 5.21. The summed E-state index contributed by atoms with van der Waals surface area (Å²) in [6.45, 7) is 16.5. The van der Waals surface area contributed by atoms with Gasteiger partial charge in [0.05, 0.1) is 12.7 Å². The van der Waals surface area contributed by atoms with Crippen LogP contribution in [0.1, 0.15) is 32.3 Å². The molecule has 0 spiro atoms. The molecule has 1 aliphatic carbocycles. The van der Waals surface area contributed by atoms with E-state index in [0.29, 0.717) is 18.4 Å². The zero-order valence-electron chi connectivity index (χ0n) is 17.5. The molecule has 0 amide bonds. The molecule has 2 heterocycles. The van der Waals surface area contributed by atoms with Crippen LogP contribution in [0.25, 0.3) is 0 Å². The van der Waals surface area contributed by atoms with Gasteiger partial charge in [-0.2, -0.15) is 0 Å². The fourth-order valence-corrected chi connectivity index (χ4v) is 5.18.